The van der Waals surface area contributed by atoms with Gasteiger partial charge < -0.3 is 20.4 Å². The van der Waals surface area contributed by atoms with Crippen molar-refractivity contribution in [2.45, 2.75) is 110 Å². The third kappa shape index (κ3) is 3.61. The minimum Gasteiger partial charge on any atom is -0.390 e. The first-order chi connectivity index (χ1) is 15.0. The van der Waals surface area contributed by atoms with E-state index in [0.717, 1.165) is 32.1 Å². The predicted molar refractivity (Wildman–Crippen MR) is 124 cm³/mol. The third-order valence-corrected chi connectivity index (χ3v) is 11.3. The fraction of sp³-hybridized carbons (Fsp3) is 0.963. The first kappa shape index (κ1) is 24.6. The molecule has 32 heavy (non-hydrogen) atoms. The van der Waals surface area contributed by atoms with Crippen molar-refractivity contribution in [2.75, 3.05) is 0 Å². The van der Waals surface area contributed by atoms with Crippen molar-refractivity contribution in [3.05, 3.63) is 0 Å². The minimum absolute atomic E-state index is 0.0276. The van der Waals surface area contributed by atoms with Gasteiger partial charge in [0.1, 0.15) is 5.78 Å². The number of aliphatic hydroxyl groups excluding tert-OH is 4. The Bertz CT molecular complexity index is 710. The van der Waals surface area contributed by atoms with E-state index >= 15 is 0 Å². The molecule has 4 fully saturated rings. The van der Waals surface area contributed by atoms with Crippen molar-refractivity contribution in [3.63, 3.8) is 0 Å². The van der Waals surface area contributed by atoms with Gasteiger partial charge in [-0.05, 0) is 84.9 Å². The molecule has 0 radical (unpaired) electrons. The summed E-state index contributed by atoms with van der Waals surface area (Å²) in [5.41, 5.74) is -0.150. The van der Waals surface area contributed by atoms with Crippen molar-refractivity contribution >= 4 is 5.78 Å². The lowest BCUT2D eigenvalue weighted by atomic mass is 9.44. The van der Waals surface area contributed by atoms with Crippen LogP contribution in [0.25, 0.3) is 0 Å². The zero-order chi connectivity index (χ0) is 23.6. The fourth-order valence-electron chi connectivity index (χ4n) is 9.10. The largest absolute Gasteiger partial charge is 0.390 e. The van der Waals surface area contributed by atoms with Crippen LogP contribution < -0.4 is 0 Å². The molecule has 4 aliphatic rings. The van der Waals surface area contributed by atoms with Crippen LogP contribution in [0.15, 0.2) is 0 Å². The summed E-state index contributed by atoms with van der Waals surface area (Å²) < 4.78 is 0. The molecule has 4 saturated carbocycles. The van der Waals surface area contributed by atoms with E-state index in [9.17, 15) is 25.2 Å². The van der Waals surface area contributed by atoms with Crippen molar-refractivity contribution in [3.8, 4) is 0 Å². The Morgan fingerprint density at radius 3 is 2.28 bits per heavy atom. The van der Waals surface area contributed by atoms with Crippen LogP contribution in [-0.4, -0.2) is 50.6 Å². The summed E-state index contributed by atoms with van der Waals surface area (Å²) in [6.07, 6.45) is 3.72. The monoisotopic (exact) mass is 450 g/mol. The second-order valence-corrected chi connectivity index (χ2v) is 12.6. The number of rotatable bonds is 5. The molecule has 0 amide bonds. The molecule has 4 N–H and O–H groups in total. The van der Waals surface area contributed by atoms with Crippen LogP contribution >= 0.6 is 0 Å². The van der Waals surface area contributed by atoms with Crippen LogP contribution in [0, 0.1) is 52.3 Å². The van der Waals surface area contributed by atoms with Gasteiger partial charge in [0.05, 0.1) is 24.4 Å². The van der Waals surface area contributed by atoms with Gasteiger partial charge in [0.2, 0.25) is 0 Å². The summed E-state index contributed by atoms with van der Waals surface area (Å²) in [5, 5.41) is 42.4. The Morgan fingerprint density at radius 1 is 0.969 bits per heavy atom. The molecule has 0 unspecified atom stereocenters. The average molecular weight is 451 g/mol. The molecule has 0 aromatic heterocycles. The summed E-state index contributed by atoms with van der Waals surface area (Å²) >= 11 is 0. The van der Waals surface area contributed by atoms with Gasteiger partial charge in [-0.1, -0.05) is 41.0 Å². The van der Waals surface area contributed by atoms with Gasteiger partial charge >= 0.3 is 0 Å². The highest BCUT2D eigenvalue weighted by Crippen LogP contribution is 2.67. The van der Waals surface area contributed by atoms with Crippen LogP contribution in [0.4, 0.5) is 0 Å². The highest BCUT2D eigenvalue weighted by atomic mass is 16.3. The topological polar surface area (TPSA) is 98.0 Å². The second kappa shape index (κ2) is 8.62. The van der Waals surface area contributed by atoms with Gasteiger partial charge in [0, 0.05) is 12.3 Å². The summed E-state index contributed by atoms with van der Waals surface area (Å²) in [6, 6.07) is 0. The molecule has 0 bridgehead atoms. The minimum atomic E-state index is -0.780. The molecule has 4 aliphatic carbocycles. The number of Topliss-reactive ketones (excluding diaryl/α,β-unsaturated/α-hetero) is 1. The van der Waals surface area contributed by atoms with Crippen molar-refractivity contribution in [1.82, 2.24) is 0 Å². The van der Waals surface area contributed by atoms with Crippen LogP contribution in [0.1, 0.15) is 86.0 Å². The summed E-state index contributed by atoms with van der Waals surface area (Å²) in [6.45, 7) is 10.7. The number of fused-ring (bicyclic) bond motifs is 5. The van der Waals surface area contributed by atoms with E-state index in [1.807, 2.05) is 6.92 Å². The summed E-state index contributed by atoms with van der Waals surface area (Å²) in [5.74, 6) is 1.81. The standard InChI is InChI=1S/C27H46O5/c1-6-14(2)24(31)25(32)15(3)17-7-8-18-16-11-21(28)20-12-22(29)23(30)13-27(20,5)19(16)9-10-26(17,18)4/h14-20,22-25,29-32H,6-13H2,1-5H3/t14-,15-,16-,17+,18-,19-,20+,22-,23+,24+,25+,26+,27+/m0/s1. The number of hydrogen-bond donors (Lipinski definition) is 4. The van der Waals surface area contributed by atoms with E-state index in [1.165, 1.54) is 0 Å². The van der Waals surface area contributed by atoms with Gasteiger partial charge in [0.15, 0.2) is 0 Å². The molecule has 0 aromatic rings. The first-order valence-corrected chi connectivity index (χ1v) is 13.2. The molecule has 5 nitrogen and oxygen atoms in total. The Morgan fingerprint density at radius 2 is 1.62 bits per heavy atom. The van der Waals surface area contributed by atoms with E-state index in [4.69, 9.17) is 0 Å². The molecule has 4 rings (SSSR count). The molecule has 0 aromatic carbocycles. The Labute approximate surface area is 194 Å². The number of aliphatic hydroxyl groups is 4. The Balaban J connectivity index is 1.57. The second-order valence-electron chi connectivity index (χ2n) is 12.6. The van der Waals surface area contributed by atoms with Gasteiger partial charge in [-0.2, -0.15) is 0 Å². The molecule has 0 aliphatic heterocycles. The molecular formula is C27H46O5. The predicted octanol–water partition coefficient (Wildman–Crippen LogP) is 3.56. The Kier molecular flexibility index (Phi) is 6.64. The number of hydrogen-bond acceptors (Lipinski definition) is 5. The molecule has 13 atom stereocenters. The normalized spacial score (nSPS) is 50.0. The van der Waals surface area contributed by atoms with Crippen LogP contribution in [0.3, 0.4) is 0 Å². The molecule has 0 saturated heterocycles. The maximum Gasteiger partial charge on any atom is 0.136 e. The van der Waals surface area contributed by atoms with Crippen molar-refractivity contribution in [2.24, 2.45) is 52.3 Å². The highest BCUT2D eigenvalue weighted by Gasteiger charge is 2.63. The molecular weight excluding hydrogens is 404 g/mol. The smallest absolute Gasteiger partial charge is 0.136 e. The third-order valence-electron chi connectivity index (χ3n) is 11.3. The SMILES string of the molecule is CC[C@H](C)[C@@H](O)[C@H](O)[C@@H](C)[C@H]1CC[C@H]2[C@@H]3CC(=O)[C@H]4C[C@H](O)[C@H](O)C[C@]4(C)[C@H]3CC[C@]12C. The van der Waals surface area contributed by atoms with E-state index in [2.05, 4.69) is 27.7 Å². The highest BCUT2D eigenvalue weighted by molar-refractivity contribution is 5.83. The van der Waals surface area contributed by atoms with E-state index in [0.29, 0.717) is 42.9 Å². The van der Waals surface area contributed by atoms with Gasteiger partial charge in [0.25, 0.3) is 0 Å². The van der Waals surface area contributed by atoms with Crippen molar-refractivity contribution in [1.29, 1.82) is 0 Å². The first-order valence-electron chi connectivity index (χ1n) is 13.2. The lowest BCUT2D eigenvalue weighted by Crippen LogP contribution is -2.59. The quantitative estimate of drug-likeness (QED) is 0.513. The lowest BCUT2D eigenvalue weighted by Gasteiger charge is -2.61. The number of ketones is 1. The van der Waals surface area contributed by atoms with E-state index in [-0.39, 0.29) is 34.4 Å². The zero-order valence-electron chi connectivity index (χ0n) is 20.7. The van der Waals surface area contributed by atoms with Crippen LogP contribution in [0.5, 0.6) is 0 Å². The maximum atomic E-state index is 13.3. The van der Waals surface area contributed by atoms with E-state index < -0.39 is 24.4 Å². The molecule has 0 heterocycles. The molecule has 5 heteroatoms. The number of carbonyl (C=O) groups excluding carboxylic acids is 1. The lowest BCUT2D eigenvalue weighted by molar-refractivity contribution is -0.175. The van der Waals surface area contributed by atoms with Crippen LogP contribution in [-0.2, 0) is 4.79 Å². The van der Waals surface area contributed by atoms with Gasteiger partial charge in [-0.15, -0.1) is 0 Å². The average Bonchev–Trinajstić information content (AvgIpc) is 3.11. The zero-order valence-corrected chi connectivity index (χ0v) is 20.7. The van der Waals surface area contributed by atoms with Gasteiger partial charge in [-0.3, -0.25) is 4.79 Å². The maximum absolute atomic E-state index is 13.3. The fourth-order valence-corrected chi connectivity index (χ4v) is 9.10. The van der Waals surface area contributed by atoms with Crippen molar-refractivity contribution < 1.29 is 25.2 Å². The Hall–Kier alpha value is -0.490. The summed E-state index contributed by atoms with van der Waals surface area (Å²) in [7, 11) is 0. The summed E-state index contributed by atoms with van der Waals surface area (Å²) in [4.78, 5) is 13.3. The van der Waals surface area contributed by atoms with E-state index in [1.54, 1.807) is 0 Å². The number of carbonyl (C=O) groups is 1. The molecule has 184 valence electrons. The van der Waals surface area contributed by atoms with Gasteiger partial charge in [-0.25, -0.2) is 0 Å². The molecule has 0 spiro atoms. The van der Waals surface area contributed by atoms with Crippen LogP contribution in [0.2, 0.25) is 0 Å².